The third-order valence-electron chi connectivity index (χ3n) is 15.0. The average Bonchev–Trinajstić information content (AvgIpc) is 3.37. The van der Waals surface area contributed by atoms with Crippen LogP contribution in [0.3, 0.4) is 0 Å². The highest BCUT2D eigenvalue weighted by Crippen LogP contribution is 2.44. The van der Waals surface area contributed by atoms with Crippen LogP contribution >= 0.6 is 0 Å². The Morgan fingerprint density at radius 2 is 0.603 bits per heavy atom. The second-order valence-corrected chi connectivity index (χ2v) is 25.1. The standard InChI is InChI=1S/C68H76N4O4.2ClH/c1-65(2,3)57-37-49-33-53-41-59(67(7,8)9)43-55(63(53)75-31-29-71-25-17-47(18-26-71)45-13-21-69-22-14-45)35-51-39-58(66(4,5)6)40-52(62(51)74)36-56-44-60(68(10,11)12)42-54(34-50(38-57)61(49)73)64(56)76-32-30-72-27-19-48(20-28-72)46-15-23-70-24-16-46;;/h13-28,37-44H,29-36H2,1-12H3;2*1H. The lowest BCUT2D eigenvalue weighted by Crippen LogP contribution is -3.00. The molecule has 0 radical (unpaired) electrons. The number of pyridine rings is 4. The maximum Gasteiger partial charge on any atom is 0.182 e. The third-order valence-corrected chi connectivity index (χ3v) is 15.0. The third kappa shape index (κ3) is 13.7. The molecule has 0 spiro atoms. The molecule has 4 aromatic heterocycles. The largest absolute Gasteiger partial charge is 1.00 e. The van der Waals surface area contributed by atoms with Gasteiger partial charge in [-0.1, -0.05) is 132 Å². The molecule has 78 heavy (non-hydrogen) atoms. The van der Waals surface area contributed by atoms with Crippen LogP contribution in [-0.2, 0) is 60.4 Å². The van der Waals surface area contributed by atoms with Crippen molar-refractivity contribution in [2.45, 2.75) is 144 Å². The van der Waals surface area contributed by atoms with Crippen molar-refractivity contribution in [1.29, 1.82) is 0 Å². The van der Waals surface area contributed by atoms with Gasteiger partial charge in [-0.05, 0) is 135 Å². The van der Waals surface area contributed by atoms with Gasteiger partial charge in [-0.15, -0.1) is 0 Å². The smallest absolute Gasteiger partial charge is 0.182 e. The molecule has 0 unspecified atom stereocenters. The van der Waals surface area contributed by atoms with E-state index in [-0.39, 0.29) is 58.0 Å². The minimum Gasteiger partial charge on any atom is -1.00 e. The van der Waals surface area contributed by atoms with Crippen LogP contribution in [0.4, 0.5) is 0 Å². The monoisotopic (exact) mass is 1080 g/mol. The van der Waals surface area contributed by atoms with Crippen LogP contribution in [0.1, 0.15) is 150 Å². The lowest BCUT2D eigenvalue weighted by atomic mass is 9.79. The van der Waals surface area contributed by atoms with Crippen LogP contribution in [0.25, 0.3) is 22.3 Å². The molecule has 8 nitrogen and oxygen atoms in total. The molecule has 0 fully saturated rings. The molecule has 0 aliphatic heterocycles. The molecule has 2 N–H and O–H groups in total. The predicted molar refractivity (Wildman–Crippen MR) is 306 cm³/mol. The summed E-state index contributed by atoms with van der Waals surface area (Å²) in [5.41, 5.74) is 15.6. The summed E-state index contributed by atoms with van der Waals surface area (Å²) in [6.45, 7) is 29.0. The zero-order chi connectivity index (χ0) is 54.2. The Kier molecular flexibility index (Phi) is 17.9. The number of aromatic nitrogens is 4. The number of nitrogens with zero attached hydrogens (tertiary/aromatic N) is 4. The van der Waals surface area contributed by atoms with E-state index in [0.717, 1.165) is 89.4 Å². The van der Waals surface area contributed by atoms with Gasteiger partial charge in [0.2, 0.25) is 0 Å². The number of phenols is 2. The Morgan fingerprint density at radius 1 is 0.372 bits per heavy atom. The number of rotatable bonds is 10. The lowest BCUT2D eigenvalue weighted by molar-refractivity contribution is -0.697. The van der Waals surface area contributed by atoms with E-state index in [1.54, 1.807) is 0 Å². The van der Waals surface area contributed by atoms with Crippen LogP contribution in [0.5, 0.6) is 23.0 Å². The minimum absolute atomic E-state index is 0. The second kappa shape index (κ2) is 23.7. The summed E-state index contributed by atoms with van der Waals surface area (Å²) in [6.07, 6.45) is 17.4. The van der Waals surface area contributed by atoms with Gasteiger partial charge in [0, 0.05) is 74.7 Å². The molecular weight excluding hydrogens is 1010 g/mol. The van der Waals surface area contributed by atoms with Crippen molar-refractivity contribution in [3.63, 3.8) is 0 Å². The topological polar surface area (TPSA) is 92.5 Å². The fraction of sp³-hybridized carbons (Fsp3) is 0.353. The molecule has 0 atom stereocenters. The first-order valence-electron chi connectivity index (χ1n) is 27.1. The quantitative estimate of drug-likeness (QED) is 0.136. The van der Waals surface area contributed by atoms with E-state index in [0.29, 0.717) is 52.0 Å². The van der Waals surface area contributed by atoms with Gasteiger partial charge < -0.3 is 44.5 Å². The molecule has 4 heterocycles. The number of benzene rings is 4. The van der Waals surface area contributed by atoms with Crippen LogP contribution < -0.4 is 43.4 Å². The summed E-state index contributed by atoms with van der Waals surface area (Å²) in [4.78, 5) is 8.39. The first kappa shape index (κ1) is 58.9. The number of aromatic hydroxyl groups is 2. The van der Waals surface area contributed by atoms with Crippen LogP contribution in [0, 0.1) is 0 Å². The highest BCUT2D eigenvalue weighted by molar-refractivity contribution is 5.63. The molecule has 0 saturated heterocycles. The summed E-state index contributed by atoms with van der Waals surface area (Å²) in [7, 11) is 0. The Morgan fingerprint density at radius 3 is 0.846 bits per heavy atom. The van der Waals surface area contributed by atoms with Crippen molar-refractivity contribution in [2.24, 2.45) is 0 Å². The minimum atomic E-state index is -0.215. The first-order valence-corrected chi connectivity index (χ1v) is 27.1. The van der Waals surface area contributed by atoms with E-state index < -0.39 is 0 Å². The molecular formula is C68H78Cl2N4O4. The summed E-state index contributed by atoms with van der Waals surface area (Å²) >= 11 is 0. The van der Waals surface area contributed by atoms with Crippen LogP contribution in [0.2, 0.25) is 0 Å². The molecule has 9 rings (SSSR count). The van der Waals surface area contributed by atoms with Gasteiger partial charge in [0.05, 0.1) is 0 Å². The summed E-state index contributed by atoms with van der Waals surface area (Å²) in [5, 5.41) is 25.7. The van der Waals surface area contributed by atoms with Gasteiger partial charge in [-0.3, -0.25) is 9.97 Å². The predicted octanol–water partition coefficient (Wildman–Crippen LogP) is 7.83. The number of hydrogen-bond acceptors (Lipinski definition) is 6. The molecule has 1 aliphatic carbocycles. The number of fused-ring (bicyclic) bond motifs is 8. The molecule has 0 saturated carbocycles. The Balaban J connectivity index is 0.00000441. The van der Waals surface area contributed by atoms with Crippen molar-refractivity contribution in [1.82, 2.24) is 9.97 Å². The number of halogens is 2. The fourth-order valence-corrected chi connectivity index (χ4v) is 10.2. The van der Waals surface area contributed by atoms with E-state index in [4.69, 9.17) is 9.47 Å². The van der Waals surface area contributed by atoms with E-state index >= 15 is 0 Å². The van der Waals surface area contributed by atoms with Crippen molar-refractivity contribution in [3.05, 3.63) is 213 Å². The fourth-order valence-electron chi connectivity index (χ4n) is 10.2. The van der Waals surface area contributed by atoms with Crippen LogP contribution in [-0.4, -0.2) is 33.4 Å². The van der Waals surface area contributed by atoms with Gasteiger partial charge in [0.15, 0.2) is 37.9 Å². The summed E-state index contributed by atoms with van der Waals surface area (Å²) < 4.78 is 18.5. The van der Waals surface area contributed by atoms with E-state index in [9.17, 15) is 10.2 Å². The molecule has 4 aromatic carbocycles. The number of hydrogen-bond donors (Lipinski definition) is 2. The van der Waals surface area contributed by atoms with Gasteiger partial charge in [-0.25, -0.2) is 9.13 Å². The zero-order valence-electron chi connectivity index (χ0n) is 47.8. The molecule has 0 amide bonds. The number of ether oxygens (including phenoxy) is 2. The van der Waals surface area contributed by atoms with Crippen molar-refractivity contribution >= 4 is 0 Å². The van der Waals surface area contributed by atoms with Gasteiger partial charge >= 0.3 is 0 Å². The average molecular weight is 1090 g/mol. The Bertz CT molecular complexity index is 3030. The molecule has 1 aliphatic rings. The zero-order valence-corrected chi connectivity index (χ0v) is 49.3. The van der Waals surface area contributed by atoms with Gasteiger partial charge in [0.25, 0.3) is 0 Å². The number of phenolic OH excluding ortho intramolecular Hbond substituents is 2. The van der Waals surface area contributed by atoms with E-state index in [1.165, 1.54) is 11.1 Å². The second-order valence-electron chi connectivity index (χ2n) is 25.1. The summed E-state index contributed by atoms with van der Waals surface area (Å²) in [5.74, 6) is 2.16. The normalized spacial score (nSPS) is 12.8. The molecule has 408 valence electrons. The van der Waals surface area contributed by atoms with E-state index in [2.05, 4.69) is 200 Å². The maximum atomic E-state index is 12.8. The van der Waals surface area contributed by atoms with Crippen molar-refractivity contribution < 1.29 is 53.6 Å². The molecule has 10 heteroatoms. The van der Waals surface area contributed by atoms with Crippen molar-refractivity contribution in [3.8, 4) is 45.3 Å². The van der Waals surface area contributed by atoms with Crippen molar-refractivity contribution in [2.75, 3.05) is 13.2 Å². The Labute approximate surface area is 476 Å². The molecule has 8 bridgehead atoms. The maximum absolute atomic E-state index is 12.8. The highest BCUT2D eigenvalue weighted by Gasteiger charge is 2.29. The molecule has 8 aromatic rings. The Hall–Kier alpha value is -6.74. The lowest BCUT2D eigenvalue weighted by Gasteiger charge is -2.28. The van der Waals surface area contributed by atoms with E-state index in [1.807, 2.05) is 49.1 Å². The van der Waals surface area contributed by atoms with Gasteiger partial charge in [-0.2, -0.15) is 0 Å². The SMILES string of the molecule is CC(C)(C)c1cc2c(O)c(c1)Cc1cc(C(C)(C)C)cc(c1OCC[n+]1ccc(-c3ccncc3)cc1)Cc1cc(C(C)(C)C)cc(c1O)Cc1cc(C(C)(C)C)cc(c1OCC[n+]1ccc(-c3ccncc3)cc1)C2.[Cl-].[Cl-]. The van der Waals surface area contributed by atoms with Gasteiger partial charge in [0.1, 0.15) is 36.2 Å². The highest BCUT2D eigenvalue weighted by atomic mass is 35.5. The summed E-state index contributed by atoms with van der Waals surface area (Å²) in [6, 6.07) is 34.5. The first-order chi connectivity index (χ1) is 36.0. The van der Waals surface area contributed by atoms with Crippen LogP contribution in [0.15, 0.2) is 147 Å².